The average Bonchev–Trinajstić information content (AvgIpc) is 3.10. The van der Waals surface area contributed by atoms with E-state index in [9.17, 15) is 5.11 Å². The smallest absolute Gasteiger partial charge is 0.113 e. The van der Waals surface area contributed by atoms with Crippen molar-refractivity contribution in [2.45, 2.75) is 12.6 Å². The fourth-order valence-electron chi connectivity index (χ4n) is 2.95. The van der Waals surface area contributed by atoms with Gasteiger partial charge in [-0.1, -0.05) is 78.0 Å². The first-order chi connectivity index (χ1) is 11.8. The van der Waals surface area contributed by atoms with E-state index in [1.165, 1.54) is 0 Å². The van der Waals surface area contributed by atoms with E-state index in [2.05, 4.69) is 22.4 Å². The van der Waals surface area contributed by atoms with Crippen LogP contribution < -0.4 is 0 Å². The van der Waals surface area contributed by atoms with E-state index < -0.39 is 6.10 Å². The fourth-order valence-corrected chi connectivity index (χ4v) is 2.95. The highest BCUT2D eigenvalue weighted by Gasteiger charge is 2.13. The largest absolute Gasteiger partial charge is 0.386 e. The number of nitrogens with zero attached hydrogens (tertiary/aromatic N) is 3. The summed E-state index contributed by atoms with van der Waals surface area (Å²) in [4.78, 5) is 0. The molecule has 1 aromatic heterocycles. The summed E-state index contributed by atoms with van der Waals surface area (Å²) in [5, 5.41) is 21.2. The molecule has 0 bridgehead atoms. The van der Waals surface area contributed by atoms with Crippen LogP contribution in [0.5, 0.6) is 0 Å². The fraction of sp³-hybridized carbons (Fsp3) is 0.100. The van der Waals surface area contributed by atoms with Gasteiger partial charge in [0.1, 0.15) is 5.69 Å². The molecule has 1 N–H and O–H groups in total. The highest BCUT2D eigenvalue weighted by atomic mass is 16.3. The molecule has 0 aliphatic carbocycles. The Kier molecular flexibility index (Phi) is 3.81. The standard InChI is InChI=1S/C20H17N3O/c24-20(18-12-6-10-15-7-4-5-11-17(15)18)14-23-13-19(21-22-23)16-8-2-1-3-9-16/h1-13,20,24H,14H2/t20-/m1/s1. The summed E-state index contributed by atoms with van der Waals surface area (Å²) in [7, 11) is 0. The highest BCUT2D eigenvalue weighted by Crippen LogP contribution is 2.25. The summed E-state index contributed by atoms with van der Waals surface area (Å²) in [6, 6.07) is 24.0. The number of hydrogen-bond acceptors (Lipinski definition) is 3. The molecule has 0 fully saturated rings. The Hall–Kier alpha value is -2.98. The molecule has 0 aliphatic heterocycles. The molecule has 24 heavy (non-hydrogen) atoms. The molecule has 0 amide bonds. The molecule has 0 spiro atoms. The maximum Gasteiger partial charge on any atom is 0.113 e. The molecule has 4 aromatic rings. The number of rotatable bonds is 4. The molecule has 1 atom stereocenters. The van der Waals surface area contributed by atoms with Crippen molar-refractivity contribution in [2.75, 3.05) is 0 Å². The quantitative estimate of drug-likeness (QED) is 0.622. The number of fused-ring (bicyclic) bond motifs is 1. The number of aromatic nitrogens is 3. The van der Waals surface area contributed by atoms with E-state index in [1.54, 1.807) is 4.68 Å². The highest BCUT2D eigenvalue weighted by molar-refractivity contribution is 5.85. The van der Waals surface area contributed by atoms with Crippen LogP contribution in [-0.4, -0.2) is 20.1 Å². The maximum atomic E-state index is 10.7. The van der Waals surface area contributed by atoms with Crippen LogP contribution >= 0.6 is 0 Å². The van der Waals surface area contributed by atoms with Crippen LogP contribution in [0.15, 0.2) is 79.0 Å². The second-order valence-corrected chi connectivity index (χ2v) is 5.78. The van der Waals surface area contributed by atoms with Gasteiger partial charge in [0.15, 0.2) is 0 Å². The van der Waals surface area contributed by atoms with E-state index in [0.717, 1.165) is 27.6 Å². The lowest BCUT2D eigenvalue weighted by Gasteiger charge is -2.13. The van der Waals surface area contributed by atoms with Crippen molar-refractivity contribution >= 4 is 10.8 Å². The van der Waals surface area contributed by atoms with Gasteiger partial charge in [0, 0.05) is 5.56 Å². The van der Waals surface area contributed by atoms with E-state index in [0.29, 0.717) is 6.54 Å². The summed E-state index contributed by atoms with van der Waals surface area (Å²) < 4.78 is 1.69. The molecule has 4 rings (SSSR count). The second kappa shape index (κ2) is 6.26. The predicted octanol–water partition coefficient (Wildman–Crippen LogP) is 3.83. The van der Waals surface area contributed by atoms with Crippen LogP contribution in [0.3, 0.4) is 0 Å². The third-order valence-corrected chi connectivity index (χ3v) is 4.15. The van der Waals surface area contributed by atoms with E-state index in [4.69, 9.17) is 0 Å². The van der Waals surface area contributed by atoms with Crippen LogP contribution in [0.25, 0.3) is 22.0 Å². The summed E-state index contributed by atoms with van der Waals surface area (Å²) in [6.07, 6.45) is 1.23. The van der Waals surface area contributed by atoms with E-state index in [-0.39, 0.29) is 0 Å². The van der Waals surface area contributed by atoms with Gasteiger partial charge in [0.25, 0.3) is 0 Å². The van der Waals surface area contributed by atoms with Crippen LogP contribution in [0.4, 0.5) is 0 Å². The Balaban J connectivity index is 1.60. The van der Waals surface area contributed by atoms with Gasteiger partial charge < -0.3 is 5.11 Å². The van der Waals surface area contributed by atoms with Crippen molar-refractivity contribution in [3.05, 3.63) is 84.6 Å². The molecule has 3 aromatic carbocycles. The van der Waals surface area contributed by atoms with E-state index >= 15 is 0 Å². The molecule has 4 heteroatoms. The lowest BCUT2D eigenvalue weighted by atomic mass is 10.0. The van der Waals surface area contributed by atoms with Gasteiger partial charge in [-0.25, -0.2) is 4.68 Å². The Labute approximate surface area is 140 Å². The third-order valence-electron chi connectivity index (χ3n) is 4.15. The van der Waals surface area contributed by atoms with Gasteiger partial charge in [-0.15, -0.1) is 5.10 Å². The van der Waals surface area contributed by atoms with Crippen LogP contribution in [0.2, 0.25) is 0 Å². The first-order valence-corrected chi connectivity index (χ1v) is 7.92. The number of aliphatic hydroxyl groups is 1. The number of hydrogen-bond donors (Lipinski definition) is 1. The molecule has 4 nitrogen and oxygen atoms in total. The zero-order valence-corrected chi connectivity index (χ0v) is 13.1. The second-order valence-electron chi connectivity index (χ2n) is 5.78. The number of benzene rings is 3. The Morgan fingerprint density at radius 1 is 0.875 bits per heavy atom. The Morgan fingerprint density at radius 3 is 2.50 bits per heavy atom. The molecule has 0 saturated carbocycles. The van der Waals surface area contributed by atoms with Crippen molar-refractivity contribution in [3.63, 3.8) is 0 Å². The molecular formula is C20H17N3O. The summed E-state index contributed by atoms with van der Waals surface area (Å²) in [5.74, 6) is 0. The first-order valence-electron chi connectivity index (χ1n) is 7.92. The van der Waals surface area contributed by atoms with Gasteiger partial charge in [-0.05, 0) is 16.3 Å². The van der Waals surface area contributed by atoms with Crippen molar-refractivity contribution in [1.29, 1.82) is 0 Å². The first kappa shape index (κ1) is 14.6. The normalized spacial score (nSPS) is 12.4. The van der Waals surface area contributed by atoms with Gasteiger partial charge in [-0.2, -0.15) is 0 Å². The van der Waals surface area contributed by atoms with Crippen molar-refractivity contribution in [1.82, 2.24) is 15.0 Å². The lowest BCUT2D eigenvalue weighted by molar-refractivity contribution is 0.152. The Bertz CT molecular complexity index is 957. The summed E-state index contributed by atoms with van der Waals surface area (Å²) in [6.45, 7) is 0.369. The predicted molar refractivity (Wildman–Crippen MR) is 94.4 cm³/mol. The molecule has 0 saturated heterocycles. The van der Waals surface area contributed by atoms with Crippen LogP contribution in [0.1, 0.15) is 11.7 Å². The monoisotopic (exact) mass is 315 g/mol. The maximum absolute atomic E-state index is 10.7. The Morgan fingerprint density at radius 2 is 1.62 bits per heavy atom. The zero-order chi connectivity index (χ0) is 16.4. The molecular weight excluding hydrogens is 298 g/mol. The van der Waals surface area contributed by atoms with Gasteiger partial charge in [0.05, 0.1) is 18.8 Å². The van der Waals surface area contributed by atoms with Crippen molar-refractivity contribution in [3.8, 4) is 11.3 Å². The molecule has 0 radical (unpaired) electrons. The van der Waals surface area contributed by atoms with Gasteiger partial charge in [-0.3, -0.25) is 0 Å². The average molecular weight is 315 g/mol. The molecule has 118 valence electrons. The van der Waals surface area contributed by atoms with Gasteiger partial charge in [0.2, 0.25) is 0 Å². The summed E-state index contributed by atoms with van der Waals surface area (Å²) in [5.41, 5.74) is 2.73. The van der Waals surface area contributed by atoms with Crippen molar-refractivity contribution in [2.24, 2.45) is 0 Å². The minimum absolute atomic E-state index is 0.369. The minimum atomic E-state index is -0.638. The molecule has 1 heterocycles. The molecule has 0 unspecified atom stereocenters. The number of aliphatic hydroxyl groups excluding tert-OH is 1. The van der Waals surface area contributed by atoms with Crippen molar-refractivity contribution < 1.29 is 5.11 Å². The van der Waals surface area contributed by atoms with Crippen LogP contribution in [-0.2, 0) is 6.54 Å². The van der Waals surface area contributed by atoms with E-state index in [1.807, 2.05) is 66.9 Å². The molecule has 0 aliphatic rings. The lowest BCUT2D eigenvalue weighted by Crippen LogP contribution is -2.09. The van der Waals surface area contributed by atoms with Gasteiger partial charge >= 0.3 is 0 Å². The zero-order valence-electron chi connectivity index (χ0n) is 13.1. The third kappa shape index (κ3) is 2.79. The SMILES string of the molecule is O[C@H](Cn1cc(-c2ccccc2)nn1)c1cccc2ccccc12. The summed E-state index contributed by atoms with van der Waals surface area (Å²) >= 11 is 0. The van der Waals surface area contributed by atoms with Crippen LogP contribution in [0, 0.1) is 0 Å². The minimum Gasteiger partial charge on any atom is -0.386 e. The topological polar surface area (TPSA) is 50.9 Å².